The first-order valence-corrected chi connectivity index (χ1v) is 5.56. The maximum Gasteiger partial charge on any atom is 0.0350 e. The second-order valence-electron chi connectivity index (χ2n) is 4.37. The SMILES string of the molecule is Cc1cccc(Cc2cc(C)ccc2N)c1. The van der Waals surface area contributed by atoms with Gasteiger partial charge in [0.2, 0.25) is 0 Å². The summed E-state index contributed by atoms with van der Waals surface area (Å²) in [6.07, 6.45) is 0.912. The van der Waals surface area contributed by atoms with Crippen molar-refractivity contribution >= 4 is 5.69 Å². The van der Waals surface area contributed by atoms with Gasteiger partial charge in [-0.2, -0.15) is 0 Å². The van der Waals surface area contributed by atoms with E-state index < -0.39 is 0 Å². The van der Waals surface area contributed by atoms with Gasteiger partial charge in [-0.25, -0.2) is 0 Å². The van der Waals surface area contributed by atoms with E-state index in [1.807, 2.05) is 6.07 Å². The minimum atomic E-state index is 0.882. The number of anilines is 1. The summed E-state index contributed by atoms with van der Waals surface area (Å²) < 4.78 is 0. The van der Waals surface area contributed by atoms with E-state index in [1.54, 1.807) is 0 Å². The van der Waals surface area contributed by atoms with E-state index in [9.17, 15) is 0 Å². The maximum atomic E-state index is 5.98. The van der Waals surface area contributed by atoms with E-state index >= 15 is 0 Å². The van der Waals surface area contributed by atoms with Crippen LogP contribution in [0, 0.1) is 13.8 Å². The standard InChI is InChI=1S/C15H17N/c1-11-4-3-5-13(8-11)10-14-9-12(2)6-7-15(14)16/h3-9H,10,16H2,1-2H3. The summed E-state index contributed by atoms with van der Waals surface area (Å²) >= 11 is 0. The van der Waals surface area contributed by atoms with Crippen LogP contribution >= 0.6 is 0 Å². The molecule has 0 amide bonds. The van der Waals surface area contributed by atoms with Gasteiger partial charge in [0.15, 0.2) is 0 Å². The van der Waals surface area contributed by atoms with E-state index in [2.05, 4.69) is 50.2 Å². The summed E-state index contributed by atoms with van der Waals surface area (Å²) in [6.45, 7) is 4.21. The molecular weight excluding hydrogens is 194 g/mol. The van der Waals surface area contributed by atoms with Crippen LogP contribution in [0.4, 0.5) is 5.69 Å². The molecule has 0 saturated heterocycles. The minimum absolute atomic E-state index is 0.882. The number of hydrogen-bond donors (Lipinski definition) is 1. The molecule has 1 heteroatoms. The third kappa shape index (κ3) is 2.43. The van der Waals surface area contributed by atoms with Crippen LogP contribution in [-0.4, -0.2) is 0 Å². The van der Waals surface area contributed by atoms with Gasteiger partial charge in [0.25, 0.3) is 0 Å². The van der Waals surface area contributed by atoms with Gasteiger partial charge in [0.1, 0.15) is 0 Å². The molecule has 1 nitrogen and oxygen atoms in total. The zero-order valence-corrected chi connectivity index (χ0v) is 9.83. The van der Waals surface area contributed by atoms with Crippen molar-refractivity contribution in [2.24, 2.45) is 0 Å². The Hall–Kier alpha value is -1.76. The molecule has 0 atom stereocenters. The monoisotopic (exact) mass is 211 g/mol. The van der Waals surface area contributed by atoms with Crippen molar-refractivity contribution < 1.29 is 0 Å². The highest BCUT2D eigenvalue weighted by molar-refractivity contribution is 5.50. The molecule has 2 rings (SSSR count). The van der Waals surface area contributed by atoms with Crippen molar-refractivity contribution in [1.29, 1.82) is 0 Å². The Labute approximate surface area is 96.9 Å². The van der Waals surface area contributed by atoms with Gasteiger partial charge in [-0.3, -0.25) is 0 Å². The number of nitrogens with two attached hydrogens (primary N) is 1. The lowest BCUT2D eigenvalue weighted by Crippen LogP contribution is -1.96. The molecule has 0 radical (unpaired) electrons. The Morgan fingerprint density at radius 3 is 2.44 bits per heavy atom. The van der Waals surface area contributed by atoms with Crippen LogP contribution in [-0.2, 0) is 6.42 Å². The van der Waals surface area contributed by atoms with Gasteiger partial charge in [0.05, 0.1) is 0 Å². The fourth-order valence-electron chi connectivity index (χ4n) is 1.93. The number of hydrogen-bond acceptors (Lipinski definition) is 1. The zero-order chi connectivity index (χ0) is 11.5. The average molecular weight is 211 g/mol. The third-order valence-electron chi connectivity index (χ3n) is 2.78. The van der Waals surface area contributed by atoms with Gasteiger partial charge in [-0.05, 0) is 37.5 Å². The molecule has 0 spiro atoms. The Kier molecular flexibility index (Phi) is 2.95. The zero-order valence-electron chi connectivity index (χ0n) is 9.83. The van der Waals surface area contributed by atoms with Gasteiger partial charge in [0, 0.05) is 5.69 Å². The molecule has 0 fully saturated rings. The molecule has 0 unspecified atom stereocenters. The summed E-state index contributed by atoms with van der Waals surface area (Å²) in [6, 6.07) is 14.8. The van der Waals surface area contributed by atoms with E-state index in [0.29, 0.717) is 0 Å². The van der Waals surface area contributed by atoms with Crippen molar-refractivity contribution in [3.05, 3.63) is 64.7 Å². The largest absolute Gasteiger partial charge is 0.398 e. The minimum Gasteiger partial charge on any atom is -0.398 e. The molecule has 0 saturated carbocycles. The van der Waals surface area contributed by atoms with Gasteiger partial charge >= 0.3 is 0 Å². The summed E-state index contributed by atoms with van der Waals surface area (Å²) in [4.78, 5) is 0. The molecule has 82 valence electrons. The molecule has 2 N–H and O–H groups in total. The summed E-state index contributed by atoms with van der Waals surface area (Å²) in [5.41, 5.74) is 11.9. The molecule has 2 aromatic carbocycles. The van der Waals surface area contributed by atoms with Crippen molar-refractivity contribution in [3.63, 3.8) is 0 Å². The van der Waals surface area contributed by atoms with Crippen LogP contribution in [0.3, 0.4) is 0 Å². The molecule has 0 aliphatic heterocycles. The lowest BCUT2D eigenvalue weighted by atomic mass is 10.0. The molecule has 0 aromatic heterocycles. The lowest BCUT2D eigenvalue weighted by Gasteiger charge is -2.07. The topological polar surface area (TPSA) is 26.0 Å². The average Bonchev–Trinajstić information content (AvgIpc) is 2.24. The molecule has 16 heavy (non-hydrogen) atoms. The fraction of sp³-hybridized carbons (Fsp3) is 0.200. The predicted octanol–water partition coefficient (Wildman–Crippen LogP) is 3.48. The second-order valence-corrected chi connectivity index (χ2v) is 4.37. The molecule has 0 aliphatic rings. The summed E-state index contributed by atoms with van der Waals surface area (Å²) in [7, 11) is 0. The number of nitrogen functional groups attached to an aromatic ring is 1. The number of benzene rings is 2. The lowest BCUT2D eigenvalue weighted by molar-refractivity contribution is 1.18. The van der Waals surface area contributed by atoms with Crippen molar-refractivity contribution in [1.82, 2.24) is 0 Å². The van der Waals surface area contributed by atoms with Crippen LogP contribution in [0.25, 0.3) is 0 Å². The molecule has 2 aromatic rings. The van der Waals surface area contributed by atoms with Gasteiger partial charge in [-0.15, -0.1) is 0 Å². The van der Waals surface area contributed by atoms with E-state index in [-0.39, 0.29) is 0 Å². The number of aryl methyl sites for hydroxylation is 2. The summed E-state index contributed by atoms with van der Waals surface area (Å²) in [5.74, 6) is 0. The van der Waals surface area contributed by atoms with E-state index in [0.717, 1.165) is 12.1 Å². The normalized spacial score (nSPS) is 10.4. The first-order valence-electron chi connectivity index (χ1n) is 5.56. The van der Waals surface area contributed by atoms with Crippen LogP contribution in [0.1, 0.15) is 22.3 Å². The first kappa shape index (κ1) is 10.7. The van der Waals surface area contributed by atoms with Crippen molar-refractivity contribution in [3.8, 4) is 0 Å². The van der Waals surface area contributed by atoms with Crippen LogP contribution in [0.5, 0.6) is 0 Å². The highest BCUT2D eigenvalue weighted by Gasteiger charge is 2.01. The maximum absolute atomic E-state index is 5.98. The molecule has 0 heterocycles. The van der Waals surface area contributed by atoms with Gasteiger partial charge < -0.3 is 5.73 Å². The molecule has 0 aliphatic carbocycles. The van der Waals surface area contributed by atoms with Crippen molar-refractivity contribution in [2.45, 2.75) is 20.3 Å². The number of rotatable bonds is 2. The van der Waals surface area contributed by atoms with E-state index in [1.165, 1.54) is 22.3 Å². The smallest absolute Gasteiger partial charge is 0.0350 e. The van der Waals surface area contributed by atoms with Crippen LogP contribution in [0.2, 0.25) is 0 Å². The Balaban J connectivity index is 2.30. The quantitative estimate of drug-likeness (QED) is 0.756. The van der Waals surface area contributed by atoms with Gasteiger partial charge in [-0.1, -0.05) is 47.5 Å². The highest BCUT2D eigenvalue weighted by Crippen LogP contribution is 2.18. The Morgan fingerprint density at radius 2 is 1.69 bits per heavy atom. The molecule has 0 bridgehead atoms. The first-order chi connectivity index (χ1) is 7.65. The molecular formula is C15H17N. The second kappa shape index (κ2) is 4.40. The third-order valence-corrected chi connectivity index (χ3v) is 2.78. The highest BCUT2D eigenvalue weighted by atomic mass is 14.6. The Bertz CT molecular complexity index is 501. The van der Waals surface area contributed by atoms with Crippen LogP contribution in [0.15, 0.2) is 42.5 Å². The predicted molar refractivity (Wildman–Crippen MR) is 69.6 cm³/mol. The van der Waals surface area contributed by atoms with Crippen molar-refractivity contribution in [2.75, 3.05) is 5.73 Å². The Morgan fingerprint density at radius 1 is 0.938 bits per heavy atom. The summed E-state index contributed by atoms with van der Waals surface area (Å²) in [5, 5.41) is 0. The van der Waals surface area contributed by atoms with Crippen LogP contribution < -0.4 is 5.73 Å². The van der Waals surface area contributed by atoms with E-state index in [4.69, 9.17) is 5.73 Å². The fourth-order valence-corrected chi connectivity index (χ4v) is 1.93.